The molecule has 192 valence electrons. The number of nitrogens with zero attached hydrogens (tertiary/aromatic N) is 4. The van der Waals surface area contributed by atoms with Crippen molar-refractivity contribution in [2.24, 2.45) is 5.92 Å². The van der Waals surface area contributed by atoms with Gasteiger partial charge in [-0.15, -0.1) is 0 Å². The van der Waals surface area contributed by atoms with Crippen molar-refractivity contribution >= 4 is 29.6 Å². The fraction of sp³-hybridized carbons (Fsp3) is 0.333. The Bertz CT molecular complexity index is 1230. The van der Waals surface area contributed by atoms with E-state index in [4.69, 9.17) is 4.74 Å². The normalized spacial score (nSPS) is 13.9. The summed E-state index contributed by atoms with van der Waals surface area (Å²) in [5.74, 6) is 0.448. The van der Waals surface area contributed by atoms with Gasteiger partial charge in [0.15, 0.2) is 0 Å². The van der Waals surface area contributed by atoms with Gasteiger partial charge in [-0.05, 0) is 47.7 Å². The minimum absolute atomic E-state index is 0.0367. The molecule has 1 fully saturated rings. The van der Waals surface area contributed by atoms with Crippen molar-refractivity contribution in [3.8, 4) is 11.1 Å². The van der Waals surface area contributed by atoms with Crippen molar-refractivity contribution in [3.63, 3.8) is 0 Å². The molecule has 0 atom stereocenters. The van der Waals surface area contributed by atoms with Crippen LogP contribution in [0.25, 0.3) is 17.2 Å². The number of anilines is 2. The molecule has 0 bridgehead atoms. The first-order valence-electron chi connectivity index (χ1n) is 12.7. The van der Waals surface area contributed by atoms with Crippen LogP contribution in [0.1, 0.15) is 43.2 Å². The molecule has 1 heterocycles. The minimum Gasteiger partial charge on any atom is -0.466 e. The van der Waals surface area contributed by atoms with Gasteiger partial charge in [0.25, 0.3) is 0 Å². The van der Waals surface area contributed by atoms with Gasteiger partial charge in [-0.1, -0.05) is 55.7 Å². The highest BCUT2D eigenvalue weighted by Crippen LogP contribution is 2.30. The van der Waals surface area contributed by atoms with Gasteiger partial charge in [-0.25, -0.2) is 14.8 Å². The predicted molar refractivity (Wildman–Crippen MR) is 147 cm³/mol. The third kappa shape index (κ3) is 6.82. The second-order valence-corrected chi connectivity index (χ2v) is 9.57. The van der Waals surface area contributed by atoms with Gasteiger partial charge in [-0.2, -0.15) is 0 Å². The summed E-state index contributed by atoms with van der Waals surface area (Å²) in [6.45, 7) is 0.468. The van der Waals surface area contributed by atoms with Gasteiger partial charge < -0.3 is 14.5 Å². The maximum atomic E-state index is 13.7. The number of benzene rings is 2. The van der Waals surface area contributed by atoms with E-state index >= 15 is 0 Å². The zero-order valence-electron chi connectivity index (χ0n) is 21.8. The van der Waals surface area contributed by atoms with Gasteiger partial charge in [0.2, 0.25) is 11.9 Å². The first kappa shape index (κ1) is 26.1. The van der Waals surface area contributed by atoms with Crippen molar-refractivity contribution in [2.75, 3.05) is 31.0 Å². The second-order valence-electron chi connectivity index (χ2n) is 9.57. The average molecular weight is 499 g/mol. The lowest BCUT2D eigenvalue weighted by Gasteiger charge is -2.30. The van der Waals surface area contributed by atoms with Crippen LogP contribution < -0.4 is 9.80 Å². The molecular formula is C30H34N4O3. The molecule has 0 spiro atoms. The van der Waals surface area contributed by atoms with Gasteiger partial charge >= 0.3 is 5.97 Å². The summed E-state index contributed by atoms with van der Waals surface area (Å²) >= 11 is 0. The van der Waals surface area contributed by atoms with Crippen LogP contribution in [-0.4, -0.2) is 43.0 Å². The molecule has 1 aliphatic carbocycles. The third-order valence-corrected chi connectivity index (χ3v) is 6.68. The van der Waals surface area contributed by atoms with Crippen molar-refractivity contribution < 1.29 is 14.3 Å². The fourth-order valence-corrected chi connectivity index (χ4v) is 4.58. The van der Waals surface area contributed by atoms with E-state index in [1.165, 1.54) is 19.6 Å². The Morgan fingerprint density at radius 1 is 0.973 bits per heavy atom. The number of ether oxygens (including phenoxy) is 1. The lowest BCUT2D eigenvalue weighted by Crippen LogP contribution is -2.36. The summed E-state index contributed by atoms with van der Waals surface area (Å²) in [6.07, 6.45) is 12.0. The van der Waals surface area contributed by atoms with E-state index in [1.54, 1.807) is 6.08 Å². The first-order chi connectivity index (χ1) is 17.9. The van der Waals surface area contributed by atoms with Gasteiger partial charge in [-0.3, -0.25) is 4.79 Å². The number of amides is 1. The monoisotopic (exact) mass is 498 g/mol. The molecule has 2 aromatic carbocycles. The highest BCUT2D eigenvalue weighted by atomic mass is 16.5. The van der Waals surface area contributed by atoms with Crippen LogP contribution in [0.4, 0.5) is 11.6 Å². The minimum atomic E-state index is -0.414. The Hall–Kier alpha value is -4.00. The summed E-state index contributed by atoms with van der Waals surface area (Å²) in [4.78, 5) is 37.8. The summed E-state index contributed by atoms with van der Waals surface area (Å²) in [6, 6.07) is 15.9. The molecule has 37 heavy (non-hydrogen) atoms. The van der Waals surface area contributed by atoms with E-state index in [0.29, 0.717) is 12.5 Å². The van der Waals surface area contributed by atoms with E-state index in [-0.39, 0.29) is 11.8 Å². The lowest BCUT2D eigenvalue weighted by atomic mass is 9.88. The van der Waals surface area contributed by atoms with Crippen LogP contribution >= 0.6 is 0 Å². The number of esters is 1. The van der Waals surface area contributed by atoms with Crippen LogP contribution in [0.2, 0.25) is 0 Å². The molecule has 0 saturated heterocycles. The van der Waals surface area contributed by atoms with E-state index < -0.39 is 5.97 Å². The standard InChI is InChI=1S/C30H34N4O3/c1-33(2)30-31-19-26(20-32-30)24-15-12-23(13-16-24)21-34(29(36)25-9-5-4-6-10-25)27-11-7-8-22(18-27)14-17-28(35)37-3/h7-8,11-20,25H,4-6,9-10,21H2,1-3H3/b17-14+. The number of methoxy groups -OCH3 is 1. The molecule has 4 rings (SSSR count). The molecule has 1 aliphatic rings. The van der Waals surface area contributed by atoms with Crippen molar-refractivity contribution in [2.45, 2.75) is 38.6 Å². The van der Waals surface area contributed by atoms with Crippen LogP contribution in [-0.2, 0) is 20.9 Å². The summed E-state index contributed by atoms with van der Waals surface area (Å²) in [5.41, 5.74) is 4.65. The molecule has 7 heteroatoms. The molecule has 1 saturated carbocycles. The molecule has 0 radical (unpaired) electrons. The summed E-state index contributed by atoms with van der Waals surface area (Å²) in [5, 5.41) is 0. The van der Waals surface area contributed by atoms with E-state index in [1.807, 2.05) is 72.7 Å². The van der Waals surface area contributed by atoms with Gasteiger partial charge in [0.05, 0.1) is 13.7 Å². The van der Waals surface area contributed by atoms with Crippen LogP contribution in [0.3, 0.4) is 0 Å². The maximum absolute atomic E-state index is 13.7. The topological polar surface area (TPSA) is 75.6 Å². The van der Waals surface area contributed by atoms with Crippen molar-refractivity contribution in [3.05, 3.63) is 78.1 Å². The van der Waals surface area contributed by atoms with Crippen molar-refractivity contribution in [1.82, 2.24) is 9.97 Å². The van der Waals surface area contributed by atoms with E-state index in [9.17, 15) is 9.59 Å². The highest BCUT2D eigenvalue weighted by molar-refractivity contribution is 5.95. The van der Waals surface area contributed by atoms with E-state index in [2.05, 4.69) is 22.1 Å². The van der Waals surface area contributed by atoms with Gasteiger partial charge in [0.1, 0.15) is 0 Å². The van der Waals surface area contributed by atoms with Gasteiger partial charge in [0, 0.05) is 49.7 Å². The van der Waals surface area contributed by atoms with Crippen LogP contribution in [0.15, 0.2) is 67.0 Å². The third-order valence-electron chi connectivity index (χ3n) is 6.68. The average Bonchev–Trinajstić information content (AvgIpc) is 2.95. The predicted octanol–water partition coefficient (Wildman–Crippen LogP) is 5.51. The molecule has 7 nitrogen and oxygen atoms in total. The molecule has 0 N–H and O–H groups in total. The second kappa shape index (κ2) is 12.3. The molecular weight excluding hydrogens is 464 g/mol. The summed E-state index contributed by atoms with van der Waals surface area (Å²) in [7, 11) is 5.18. The van der Waals surface area contributed by atoms with E-state index in [0.717, 1.165) is 53.6 Å². The fourth-order valence-electron chi connectivity index (χ4n) is 4.58. The molecule has 1 aromatic heterocycles. The summed E-state index contributed by atoms with van der Waals surface area (Å²) < 4.78 is 4.70. The first-order valence-corrected chi connectivity index (χ1v) is 12.7. The Kier molecular flexibility index (Phi) is 8.67. The number of carbonyl (C=O) groups excluding carboxylic acids is 2. The Labute approximate surface area is 218 Å². The van der Waals surface area contributed by atoms with Crippen LogP contribution in [0.5, 0.6) is 0 Å². The lowest BCUT2D eigenvalue weighted by molar-refractivity contribution is -0.134. The van der Waals surface area contributed by atoms with Crippen molar-refractivity contribution in [1.29, 1.82) is 0 Å². The molecule has 0 aliphatic heterocycles. The maximum Gasteiger partial charge on any atom is 0.330 e. The van der Waals surface area contributed by atoms with Crippen LogP contribution in [0, 0.1) is 5.92 Å². The highest BCUT2D eigenvalue weighted by Gasteiger charge is 2.27. The zero-order valence-corrected chi connectivity index (χ0v) is 21.8. The largest absolute Gasteiger partial charge is 0.466 e. The smallest absolute Gasteiger partial charge is 0.330 e. The quantitative estimate of drug-likeness (QED) is 0.301. The SMILES string of the molecule is COC(=O)/C=C/c1cccc(N(Cc2ccc(-c3cnc(N(C)C)nc3)cc2)C(=O)C2CCCCC2)c1. The zero-order chi connectivity index (χ0) is 26.2. The molecule has 0 unspecified atom stereocenters. The number of hydrogen-bond donors (Lipinski definition) is 0. The molecule has 1 amide bonds. The number of rotatable bonds is 8. The molecule has 3 aromatic rings. The Balaban J connectivity index is 1.58. The number of hydrogen-bond acceptors (Lipinski definition) is 6. The number of carbonyl (C=O) groups is 2. The number of aromatic nitrogens is 2. The Morgan fingerprint density at radius 3 is 2.32 bits per heavy atom. The Morgan fingerprint density at radius 2 is 1.68 bits per heavy atom.